The molecule has 1 aliphatic carbocycles. The van der Waals surface area contributed by atoms with Crippen LogP contribution in [0.2, 0.25) is 5.02 Å². The second kappa shape index (κ2) is 12.3. The monoisotopic (exact) mass is 539 g/mol. The Balaban J connectivity index is 1.63. The van der Waals surface area contributed by atoms with Crippen molar-refractivity contribution in [3.63, 3.8) is 0 Å². The normalized spacial score (nSPS) is 17.0. The maximum atomic E-state index is 13.9. The van der Waals surface area contributed by atoms with Gasteiger partial charge in [-0.1, -0.05) is 24.4 Å². The van der Waals surface area contributed by atoms with Crippen molar-refractivity contribution in [2.75, 3.05) is 19.5 Å². The Labute approximate surface area is 226 Å². The van der Waals surface area contributed by atoms with Crippen molar-refractivity contribution in [1.82, 2.24) is 4.90 Å². The number of benzene rings is 3. The quantitative estimate of drug-likeness (QED) is 0.385. The zero-order valence-corrected chi connectivity index (χ0v) is 22.1. The molecule has 7 nitrogen and oxygen atoms in total. The number of anilines is 1. The third-order valence-corrected chi connectivity index (χ3v) is 7.19. The number of nitrogens with zero attached hydrogens (tertiary/aromatic N) is 1. The van der Waals surface area contributed by atoms with Crippen LogP contribution in [0.4, 0.5) is 10.1 Å². The van der Waals surface area contributed by atoms with Gasteiger partial charge in [-0.2, -0.15) is 0 Å². The predicted molar refractivity (Wildman–Crippen MR) is 145 cm³/mol. The highest BCUT2D eigenvalue weighted by Crippen LogP contribution is 2.32. The average molecular weight is 540 g/mol. The summed E-state index contributed by atoms with van der Waals surface area (Å²) in [5, 5.41) is 3.27. The summed E-state index contributed by atoms with van der Waals surface area (Å²) >= 11 is 6.56. The Morgan fingerprint density at radius 3 is 2.34 bits per heavy atom. The summed E-state index contributed by atoms with van der Waals surface area (Å²) in [6.45, 7) is 0.199. The van der Waals surface area contributed by atoms with E-state index in [1.54, 1.807) is 41.3 Å². The number of carbonyl (C=O) groups excluding carboxylic acids is 2. The van der Waals surface area contributed by atoms with Crippen molar-refractivity contribution in [2.24, 2.45) is 5.73 Å². The molecule has 2 atom stereocenters. The highest BCUT2D eigenvalue weighted by atomic mass is 35.5. The van der Waals surface area contributed by atoms with E-state index in [0.717, 1.165) is 25.7 Å². The van der Waals surface area contributed by atoms with E-state index in [0.29, 0.717) is 38.9 Å². The molecule has 0 heterocycles. The summed E-state index contributed by atoms with van der Waals surface area (Å²) in [6.07, 6.45) is 3.58. The van der Waals surface area contributed by atoms with E-state index in [1.165, 1.54) is 38.5 Å². The minimum atomic E-state index is -0.421. The third-order valence-electron chi connectivity index (χ3n) is 6.82. The van der Waals surface area contributed by atoms with Gasteiger partial charge in [-0.3, -0.25) is 9.59 Å². The molecule has 1 fully saturated rings. The van der Waals surface area contributed by atoms with Gasteiger partial charge in [0.1, 0.15) is 5.82 Å². The zero-order chi connectivity index (χ0) is 27.2. The Hall–Kier alpha value is -3.62. The summed E-state index contributed by atoms with van der Waals surface area (Å²) in [6, 6.07) is 15.1. The number of methoxy groups -OCH3 is 2. The van der Waals surface area contributed by atoms with Crippen LogP contribution in [-0.2, 0) is 6.54 Å². The van der Waals surface area contributed by atoms with E-state index in [9.17, 15) is 14.0 Å². The molecule has 200 valence electrons. The van der Waals surface area contributed by atoms with Crippen LogP contribution >= 0.6 is 11.6 Å². The molecule has 0 aliphatic heterocycles. The van der Waals surface area contributed by atoms with E-state index >= 15 is 0 Å². The first-order chi connectivity index (χ1) is 18.3. The number of ether oxygens (including phenoxy) is 2. The number of hydrogen-bond donors (Lipinski definition) is 2. The van der Waals surface area contributed by atoms with Crippen molar-refractivity contribution >= 4 is 29.1 Å². The van der Waals surface area contributed by atoms with Crippen LogP contribution < -0.4 is 20.5 Å². The summed E-state index contributed by atoms with van der Waals surface area (Å²) in [5.41, 5.74) is 8.43. The number of amides is 2. The third kappa shape index (κ3) is 6.26. The topological polar surface area (TPSA) is 93.9 Å². The molecule has 1 aliphatic rings. The molecule has 0 aromatic heterocycles. The Kier molecular flexibility index (Phi) is 8.86. The van der Waals surface area contributed by atoms with Gasteiger partial charge in [0.05, 0.1) is 14.2 Å². The lowest BCUT2D eigenvalue weighted by atomic mass is 9.89. The summed E-state index contributed by atoms with van der Waals surface area (Å²) < 4.78 is 24.0. The summed E-state index contributed by atoms with van der Waals surface area (Å²) in [5.74, 6) is -0.0289. The second-order valence-electron chi connectivity index (χ2n) is 9.29. The number of carbonyl (C=O) groups is 2. The van der Waals surface area contributed by atoms with Crippen molar-refractivity contribution in [3.05, 3.63) is 88.2 Å². The minimum Gasteiger partial charge on any atom is -0.493 e. The molecule has 3 aromatic carbocycles. The molecule has 3 N–H and O–H groups in total. The molecule has 38 heavy (non-hydrogen) atoms. The van der Waals surface area contributed by atoms with Crippen LogP contribution in [0.25, 0.3) is 0 Å². The fraction of sp³-hybridized carbons (Fsp3) is 0.310. The van der Waals surface area contributed by atoms with Crippen molar-refractivity contribution in [1.29, 1.82) is 0 Å². The van der Waals surface area contributed by atoms with Crippen LogP contribution in [0.1, 0.15) is 52.0 Å². The molecule has 4 rings (SSSR count). The zero-order valence-electron chi connectivity index (χ0n) is 21.4. The maximum Gasteiger partial charge on any atom is 0.255 e. The number of nitrogens with two attached hydrogens (primary N) is 1. The SMILES string of the molecule is COc1ccc(C(=O)N(Cc2cc(NC(=O)c3ccc(F)cc3)ccc2Cl)C2CCCCC2N)cc1OC. The van der Waals surface area contributed by atoms with Crippen LogP contribution in [0.15, 0.2) is 60.7 Å². The van der Waals surface area contributed by atoms with Crippen LogP contribution in [0.3, 0.4) is 0 Å². The molecule has 2 amide bonds. The lowest BCUT2D eigenvalue weighted by Gasteiger charge is -2.39. The van der Waals surface area contributed by atoms with Crippen molar-refractivity contribution in [2.45, 2.75) is 44.3 Å². The summed E-state index contributed by atoms with van der Waals surface area (Å²) in [4.78, 5) is 28.3. The lowest BCUT2D eigenvalue weighted by Crippen LogP contribution is -2.51. The fourth-order valence-electron chi connectivity index (χ4n) is 4.76. The van der Waals surface area contributed by atoms with E-state index in [2.05, 4.69) is 5.32 Å². The molecule has 2 unspecified atom stereocenters. The first kappa shape index (κ1) is 27.4. The molecular weight excluding hydrogens is 509 g/mol. The number of nitrogens with one attached hydrogen (secondary N) is 1. The van der Waals surface area contributed by atoms with Gasteiger partial charge in [-0.05, 0) is 79.1 Å². The predicted octanol–water partition coefficient (Wildman–Crippen LogP) is 5.66. The van der Waals surface area contributed by atoms with Crippen molar-refractivity contribution in [3.8, 4) is 11.5 Å². The Bertz CT molecular complexity index is 1300. The molecule has 0 bridgehead atoms. The van der Waals surface area contributed by atoms with Gasteiger partial charge in [0.25, 0.3) is 11.8 Å². The maximum absolute atomic E-state index is 13.9. The average Bonchev–Trinajstić information content (AvgIpc) is 2.93. The standard InChI is InChI=1S/C29H31ClFN3O4/c1-37-26-14-9-19(16-27(26)38-2)29(36)34(25-6-4-3-5-24(25)32)17-20-15-22(12-13-23(20)30)33-28(35)18-7-10-21(31)11-8-18/h7-16,24-25H,3-6,17,32H2,1-2H3,(H,33,35). The van der Waals surface area contributed by atoms with Gasteiger partial charge < -0.3 is 25.4 Å². The molecule has 0 spiro atoms. The van der Waals surface area contributed by atoms with E-state index < -0.39 is 5.82 Å². The largest absolute Gasteiger partial charge is 0.493 e. The number of hydrogen-bond acceptors (Lipinski definition) is 5. The van der Waals surface area contributed by atoms with Crippen LogP contribution in [0, 0.1) is 5.82 Å². The molecule has 9 heteroatoms. The highest BCUT2D eigenvalue weighted by Gasteiger charge is 2.32. The smallest absolute Gasteiger partial charge is 0.255 e. The lowest BCUT2D eigenvalue weighted by molar-refractivity contribution is 0.0583. The van der Waals surface area contributed by atoms with E-state index in [-0.39, 0.29) is 30.4 Å². The van der Waals surface area contributed by atoms with E-state index in [1.807, 2.05) is 0 Å². The Morgan fingerprint density at radius 2 is 1.66 bits per heavy atom. The minimum absolute atomic E-state index is 0.173. The number of halogens is 2. The first-order valence-corrected chi connectivity index (χ1v) is 12.8. The first-order valence-electron chi connectivity index (χ1n) is 12.4. The Morgan fingerprint density at radius 1 is 0.974 bits per heavy atom. The van der Waals surface area contributed by atoms with Crippen molar-refractivity contribution < 1.29 is 23.5 Å². The molecular formula is C29H31ClFN3O4. The molecule has 3 aromatic rings. The fourth-order valence-corrected chi connectivity index (χ4v) is 4.94. The summed E-state index contributed by atoms with van der Waals surface area (Å²) in [7, 11) is 3.06. The van der Waals surface area contributed by atoms with Gasteiger partial charge >= 0.3 is 0 Å². The molecule has 1 saturated carbocycles. The van der Waals surface area contributed by atoms with Gasteiger partial charge in [0, 0.05) is 40.5 Å². The van der Waals surface area contributed by atoms with Gasteiger partial charge in [-0.15, -0.1) is 0 Å². The number of rotatable bonds is 8. The molecule has 0 radical (unpaired) electrons. The molecule has 0 saturated heterocycles. The van der Waals surface area contributed by atoms with Gasteiger partial charge in [0.2, 0.25) is 0 Å². The van der Waals surface area contributed by atoms with Gasteiger partial charge in [-0.25, -0.2) is 4.39 Å². The van der Waals surface area contributed by atoms with Gasteiger partial charge in [0.15, 0.2) is 11.5 Å². The second-order valence-corrected chi connectivity index (χ2v) is 9.69. The van der Waals surface area contributed by atoms with Crippen LogP contribution in [-0.4, -0.2) is 43.0 Å². The van der Waals surface area contributed by atoms with E-state index in [4.69, 9.17) is 26.8 Å². The highest BCUT2D eigenvalue weighted by molar-refractivity contribution is 6.31. The van der Waals surface area contributed by atoms with Crippen LogP contribution in [0.5, 0.6) is 11.5 Å².